The van der Waals surface area contributed by atoms with Gasteiger partial charge in [-0.25, -0.2) is 22.0 Å². The third-order valence-corrected chi connectivity index (χ3v) is 7.22. The second-order valence-corrected chi connectivity index (χ2v) is 11.2. The Kier molecular flexibility index (Phi) is 9.78. The van der Waals surface area contributed by atoms with E-state index in [9.17, 15) is 22.0 Å². The van der Waals surface area contributed by atoms with Gasteiger partial charge in [0.1, 0.15) is 17.7 Å². The number of carbonyl (C=O) groups excluding carboxylic acids is 1. The van der Waals surface area contributed by atoms with Crippen molar-refractivity contribution in [3.63, 3.8) is 0 Å². The van der Waals surface area contributed by atoms with Gasteiger partial charge in [-0.3, -0.25) is 0 Å². The van der Waals surface area contributed by atoms with Gasteiger partial charge in [-0.1, -0.05) is 42.8 Å². The maximum absolute atomic E-state index is 13.7. The number of nitrogens with one attached hydrogen (secondary N) is 1. The van der Waals surface area contributed by atoms with E-state index in [-0.39, 0.29) is 28.4 Å². The van der Waals surface area contributed by atoms with Crippen LogP contribution in [0.15, 0.2) is 65.6 Å². The number of benzene rings is 3. The smallest absolute Gasteiger partial charge is 0.340 e. The first-order valence-electron chi connectivity index (χ1n) is 11.7. The number of hydrogen-bond acceptors (Lipinski definition) is 6. The topological polar surface area (TPSA) is 98.5 Å². The van der Waals surface area contributed by atoms with Crippen LogP contribution in [-0.4, -0.2) is 39.3 Å². The molecular weight excluding hydrogens is 522 g/mol. The predicted molar refractivity (Wildman–Crippen MR) is 139 cm³/mol. The zero-order valence-corrected chi connectivity index (χ0v) is 22.1. The van der Waals surface area contributed by atoms with Gasteiger partial charge in [0.05, 0.1) is 15.5 Å². The summed E-state index contributed by atoms with van der Waals surface area (Å²) in [5, 5.41) is 3.14. The maximum atomic E-state index is 13.7. The Morgan fingerprint density at radius 2 is 1.70 bits per heavy atom. The Hall–Kier alpha value is -2.85. The average molecular weight is 551 g/mol. The molecule has 0 saturated heterocycles. The maximum Gasteiger partial charge on any atom is 0.340 e. The minimum atomic E-state index is -3.52. The molecule has 0 aromatic heterocycles. The molecule has 0 aliphatic heterocycles. The monoisotopic (exact) mass is 550 g/mol. The van der Waals surface area contributed by atoms with E-state index in [1.165, 1.54) is 35.9 Å². The summed E-state index contributed by atoms with van der Waals surface area (Å²) >= 11 is 6.18. The molecule has 0 aliphatic rings. The zero-order valence-electron chi connectivity index (χ0n) is 20.5. The number of rotatable bonds is 11. The van der Waals surface area contributed by atoms with Crippen molar-refractivity contribution in [1.29, 1.82) is 0 Å². The van der Waals surface area contributed by atoms with Crippen LogP contribution in [0.4, 0.5) is 8.78 Å². The van der Waals surface area contributed by atoms with Gasteiger partial charge in [-0.2, -0.15) is 0 Å². The van der Waals surface area contributed by atoms with Crippen molar-refractivity contribution in [2.24, 2.45) is 5.73 Å². The molecule has 0 fully saturated rings. The first kappa shape index (κ1) is 28.7. The third-order valence-electron chi connectivity index (χ3n) is 5.79. The molecule has 0 aliphatic carbocycles. The Morgan fingerprint density at radius 1 is 1.03 bits per heavy atom. The van der Waals surface area contributed by atoms with Crippen LogP contribution in [0.5, 0.6) is 0 Å². The summed E-state index contributed by atoms with van der Waals surface area (Å²) < 4.78 is 56.6. The molecule has 0 unspecified atom stereocenters. The van der Waals surface area contributed by atoms with Crippen LogP contribution in [0.3, 0.4) is 0 Å². The van der Waals surface area contributed by atoms with E-state index < -0.39 is 39.6 Å². The molecule has 2 atom stereocenters. The van der Waals surface area contributed by atoms with Gasteiger partial charge in [-0.05, 0) is 59.9 Å². The van der Waals surface area contributed by atoms with Gasteiger partial charge in [0, 0.05) is 31.5 Å². The molecule has 37 heavy (non-hydrogen) atoms. The molecular formula is C27H29ClF2N2O4S. The highest BCUT2D eigenvalue weighted by Crippen LogP contribution is 2.23. The summed E-state index contributed by atoms with van der Waals surface area (Å²) in [5.41, 5.74) is 8.85. The summed E-state index contributed by atoms with van der Waals surface area (Å²) in [6.45, 7) is 2.69. The van der Waals surface area contributed by atoms with E-state index in [1.54, 1.807) is 0 Å². The van der Waals surface area contributed by atoms with Crippen LogP contribution in [0.2, 0.25) is 5.02 Å². The molecule has 3 aromatic carbocycles. The highest BCUT2D eigenvalue weighted by Gasteiger charge is 2.25. The lowest BCUT2D eigenvalue weighted by Crippen LogP contribution is -2.46. The van der Waals surface area contributed by atoms with Crippen LogP contribution in [0.1, 0.15) is 34.0 Å². The van der Waals surface area contributed by atoms with E-state index >= 15 is 0 Å². The number of esters is 1. The third kappa shape index (κ3) is 8.33. The standard InChI is InChI=1S/C27H29ClF2N2O4S/c1-3-17-5-4-6-18(9-17)15-32-16-26(25(31)12-19-10-20(29)13-21(30)11-19)36-27(33)23-8-7-22(14-24(23)28)37(2,34)35/h4-11,13-14,25-26,32H,3,12,15-16,31H2,1-2H3/t25-,26+/m0/s1. The van der Waals surface area contributed by atoms with E-state index in [1.807, 2.05) is 18.2 Å². The van der Waals surface area contributed by atoms with Gasteiger partial charge in [0.25, 0.3) is 0 Å². The van der Waals surface area contributed by atoms with Crippen molar-refractivity contribution in [3.05, 3.63) is 99.6 Å². The molecule has 3 rings (SSSR count). The predicted octanol–water partition coefficient (Wildman–Crippen LogP) is 4.47. The highest BCUT2D eigenvalue weighted by molar-refractivity contribution is 7.90. The van der Waals surface area contributed by atoms with E-state index in [2.05, 4.69) is 18.3 Å². The van der Waals surface area contributed by atoms with Gasteiger partial charge >= 0.3 is 5.97 Å². The van der Waals surface area contributed by atoms with Gasteiger partial charge in [-0.15, -0.1) is 0 Å². The van der Waals surface area contributed by atoms with Gasteiger partial charge < -0.3 is 15.8 Å². The van der Waals surface area contributed by atoms with Crippen molar-refractivity contribution in [3.8, 4) is 0 Å². The Bertz CT molecular complexity index is 1350. The van der Waals surface area contributed by atoms with E-state index in [0.717, 1.165) is 24.3 Å². The minimum Gasteiger partial charge on any atom is -0.456 e. The Morgan fingerprint density at radius 3 is 2.32 bits per heavy atom. The fourth-order valence-corrected chi connectivity index (χ4v) is 4.79. The molecule has 0 heterocycles. The quantitative estimate of drug-likeness (QED) is 0.342. The largest absolute Gasteiger partial charge is 0.456 e. The van der Waals surface area contributed by atoms with Crippen LogP contribution in [0, 0.1) is 11.6 Å². The number of ether oxygens (including phenoxy) is 1. The first-order valence-corrected chi connectivity index (χ1v) is 13.9. The van der Waals surface area contributed by atoms with Gasteiger partial charge in [0.2, 0.25) is 0 Å². The lowest BCUT2D eigenvalue weighted by atomic mass is 10.0. The van der Waals surface area contributed by atoms with Crippen molar-refractivity contribution >= 4 is 27.4 Å². The highest BCUT2D eigenvalue weighted by atomic mass is 35.5. The van der Waals surface area contributed by atoms with Gasteiger partial charge in [0.15, 0.2) is 9.84 Å². The number of aryl methyl sites for hydroxylation is 1. The Balaban J connectivity index is 1.78. The number of sulfone groups is 1. The fourth-order valence-electron chi connectivity index (χ4n) is 3.82. The second-order valence-electron chi connectivity index (χ2n) is 8.81. The lowest BCUT2D eigenvalue weighted by molar-refractivity contribution is 0.0238. The second kappa shape index (κ2) is 12.6. The molecule has 0 amide bonds. The van der Waals surface area contributed by atoms with Crippen molar-refractivity contribution in [1.82, 2.24) is 5.32 Å². The summed E-state index contributed by atoms with van der Waals surface area (Å²) in [5.74, 6) is -2.27. The number of hydrogen-bond donors (Lipinski definition) is 2. The molecule has 3 aromatic rings. The van der Waals surface area contributed by atoms with Crippen LogP contribution >= 0.6 is 11.6 Å². The zero-order chi connectivity index (χ0) is 27.2. The number of halogens is 3. The molecule has 0 spiro atoms. The van der Waals surface area contributed by atoms with Crippen molar-refractivity contribution in [2.45, 2.75) is 43.4 Å². The van der Waals surface area contributed by atoms with Crippen LogP contribution in [-0.2, 0) is 34.0 Å². The number of nitrogens with two attached hydrogens (primary N) is 1. The van der Waals surface area contributed by atoms with Crippen molar-refractivity contribution < 1.29 is 26.7 Å². The Labute approximate surface area is 220 Å². The molecule has 0 saturated carbocycles. The van der Waals surface area contributed by atoms with Crippen molar-refractivity contribution in [2.75, 3.05) is 12.8 Å². The summed E-state index contributed by atoms with van der Waals surface area (Å²) in [6.07, 6.45) is 1.07. The van der Waals surface area contributed by atoms with Crippen LogP contribution < -0.4 is 11.1 Å². The molecule has 0 bridgehead atoms. The molecule has 3 N–H and O–H groups in total. The summed E-state index contributed by atoms with van der Waals surface area (Å²) in [4.78, 5) is 12.9. The summed E-state index contributed by atoms with van der Waals surface area (Å²) in [7, 11) is -3.52. The summed E-state index contributed by atoms with van der Waals surface area (Å²) in [6, 6.07) is 14.0. The van der Waals surface area contributed by atoms with Crippen LogP contribution in [0.25, 0.3) is 0 Å². The molecule has 198 valence electrons. The molecule has 10 heteroatoms. The van der Waals surface area contributed by atoms with E-state index in [4.69, 9.17) is 22.1 Å². The molecule has 6 nitrogen and oxygen atoms in total. The average Bonchev–Trinajstić information content (AvgIpc) is 2.82. The lowest BCUT2D eigenvalue weighted by Gasteiger charge is -2.25. The minimum absolute atomic E-state index is 0.0290. The SMILES string of the molecule is CCc1cccc(CNC[C@@H](OC(=O)c2ccc(S(C)(=O)=O)cc2Cl)[C@@H](N)Cc2cc(F)cc(F)c2)c1. The first-order chi connectivity index (χ1) is 17.5. The van der Waals surface area contributed by atoms with E-state index in [0.29, 0.717) is 12.1 Å². The fraction of sp³-hybridized carbons (Fsp3) is 0.296. The normalized spacial score (nSPS) is 13.2. The number of carbonyl (C=O) groups is 1. The molecule has 0 radical (unpaired) electrons.